The molecule has 2 aromatic carbocycles. The van der Waals surface area contributed by atoms with Crippen LogP contribution in [0, 0.1) is 5.82 Å². The first-order valence-electron chi connectivity index (χ1n) is 10.4. The van der Waals surface area contributed by atoms with Gasteiger partial charge in [-0.3, -0.25) is 9.69 Å². The van der Waals surface area contributed by atoms with Crippen molar-refractivity contribution in [1.82, 2.24) is 4.90 Å². The molecular weight excluding hydrogens is 387 g/mol. The molecule has 3 rings (SSSR count). The maximum Gasteiger partial charge on any atom is 0.238 e. The van der Waals surface area contributed by atoms with Crippen LogP contribution in [-0.2, 0) is 11.3 Å². The van der Waals surface area contributed by atoms with Crippen LogP contribution in [0.25, 0.3) is 0 Å². The summed E-state index contributed by atoms with van der Waals surface area (Å²) in [6.45, 7) is 9.08. The number of nitrogens with zero attached hydrogens (tertiary/aromatic N) is 1. The number of benzene rings is 2. The van der Waals surface area contributed by atoms with Crippen molar-refractivity contribution in [3.05, 3.63) is 63.9 Å². The molecule has 0 atom stereocenters. The lowest BCUT2D eigenvalue weighted by Crippen LogP contribution is -2.35. The van der Waals surface area contributed by atoms with Crippen molar-refractivity contribution in [3.63, 3.8) is 0 Å². The van der Waals surface area contributed by atoms with E-state index in [0.29, 0.717) is 35.0 Å². The molecule has 1 aliphatic rings. The fourth-order valence-corrected chi connectivity index (χ4v) is 3.92. The molecule has 0 radical (unpaired) electrons. The molecule has 0 spiro atoms. The van der Waals surface area contributed by atoms with Crippen molar-refractivity contribution in [1.29, 1.82) is 0 Å². The minimum Gasteiger partial charge on any atom is -0.324 e. The second-order valence-electron chi connectivity index (χ2n) is 8.51. The van der Waals surface area contributed by atoms with Crippen LogP contribution in [0.1, 0.15) is 69.1 Å². The van der Waals surface area contributed by atoms with Crippen LogP contribution < -0.4 is 5.32 Å². The molecule has 5 heteroatoms. The summed E-state index contributed by atoms with van der Waals surface area (Å²) in [6.07, 6.45) is 2.05. The second-order valence-corrected chi connectivity index (χ2v) is 8.91. The van der Waals surface area contributed by atoms with E-state index < -0.39 is 0 Å². The van der Waals surface area contributed by atoms with E-state index in [-0.39, 0.29) is 18.3 Å². The van der Waals surface area contributed by atoms with Crippen LogP contribution in [0.3, 0.4) is 0 Å². The summed E-state index contributed by atoms with van der Waals surface area (Å²) in [4.78, 5) is 15.0. The number of hydrogen-bond acceptors (Lipinski definition) is 2. The van der Waals surface area contributed by atoms with Crippen molar-refractivity contribution >= 4 is 23.2 Å². The molecule has 0 heterocycles. The molecule has 1 amide bonds. The largest absolute Gasteiger partial charge is 0.324 e. The van der Waals surface area contributed by atoms with E-state index in [1.54, 1.807) is 12.1 Å². The van der Waals surface area contributed by atoms with Gasteiger partial charge in [0.2, 0.25) is 5.91 Å². The van der Waals surface area contributed by atoms with Gasteiger partial charge in [-0.25, -0.2) is 4.39 Å². The van der Waals surface area contributed by atoms with Crippen LogP contribution in [-0.4, -0.2) is 23.4 Å². The zero-order chi connectivity index (χ0) is 21.1. The molecule has 0 aromatic heterocycles. The monoisotopic (exact) mass is 416 g/mol. The number of carbonyl (C=O) groups excluding carboxylic acids is 1. The molecule has 0 aliphatic heterocycles. The molecule has 3 nitrogen and oxygen atoms in total. The highest BCUT2D eigenvalue weighted by Crippen LogP contribution is 2.33. The molecule has 156 valence electrons. The summed E-state index contributed by atoms with van der Waals surface area (Å²) >= 11 is 6.21. The van der Waals surface area contributed by atoms with Gasteiger partial charge in [-0.15, -0.1) is 0 Å². The van der Waals surface area contributed by atoms with Crippen molar-refractivity contribution in [2.75, 3.05) is 11.9 Å². The van der Waals surface area contributed by atoms with Crippen LogP contribution in [0.4, 0.5) is 10.1 Å². The second kappa shape index (κ2) is 9.27. The zero-order valence-electron chi connectivity index (χ0n) is 17.6. The summed E-state index contributed by atoms with van der Waals surface area (Å²) in [5.74, 6) is 0.219. The summed E-state index contributed by atoms with van der Waals surface area (Å²) in [7, 11) is 0. The van der Waals surface area contributed by atoms with E-state index in [2.05, 4.69) is 51.2 Å². The molecule has 1 N–H and O–H groups in total. The highest BCUT2D eigenvalue weighted by molar-refractivity contribution is 6.31. The summed E-state index contributed by atoms with van der Waals surface area (Å²) in [6, 6.07) is 11.2. The van der Waals surface area contributed by atoms with Crippen LogP contribution in [0.5, 0.6) is 0 Å². The molecule has 1 aliphatic carbocycles. The average Bonchev–Trinajstić information content (AvgIpc) is 3.48. The molecule has 2 aromatic rings. The van der Waals surface area contributed by atoms with Crippen LogP contribution in [0.2, 0.25) is 5.02 Å². The normalized spacial score (nSPS) is 14.1. The topological polar surface area (TPSA) is 32.3 Å². The van der Waals surface area contributed by atoms with Crippen molar-refractivity contribution in [2.24, 2.45) is 0 Å². The van der Waals surface area contributed by atoms with Gasteiger partial charge in [0, 0.05) is 28.9 Å². The van der Waals surface area contributed by atoms with Gasteiger partial charge < -0.3 is 5.32 Å². The third-order valence-electron chi connectivity index (χ3n) is 5.47. The molecule has 1 fully saturated rings. The number of amides is 1. The Labute approximate surface area is 178 Å². The Balaban J connectivity index is 1.79. The average molecular weight is 417 g/mol. The number of rotatable bonds is 8. The molecule has 1 saturated carbocycles. The van der Waals surface area contributed by atoms with Gasteiger partial charge >= 0.3 is 0 Å². The van der Waals surface area contributed by atoms with E-state index in [9.17, 15) is 9.18 Å². The van der Waals surface area contributed by atoms with Crippen LogP contribution >= 0.6 is 11.6 Å². The van der Waals surface area contributed by atoms with Gasteiger partial charge in [0.25, 0.3) is 0 Å². The zero-order valence-corrected chi connectivity index (χ0v) is 18.4. The van der Waals surface area contributed by atoms with Crippen molar-refractivity contribution < 1.29 is 9.18 Å². The summed E-state index contributed by atoms with van der Waals surface area (Å²) in [5.41, 5.74) is 3.65. The van der Waals surface area contributed by atoms with E-state index in [1.807, 2.05) is 4.90 Å². The maximum atomic E-state index is 14.3. The Morgan fingerprint density at radius 2 is 1.69 bits per heavy atom. The predicted octanol–water partition coefficient (Wildman–Crippen LogP) is 6.33. The fourth-order valence-electron chi connectivity index (χ4n) is 3.70. The van der Waals surface area contributed by atoms with Gasteiger partial charge in [-0.05, 0) is 47.9 Å². The number of para-hydroxylation sites is 1. The summed E-state index contributed by atoms with van der Waals surface area (Å²) in [5, 5.41) is 3.57. The van der Waals surface area contributed by atoms with Crippen molar-refractivity contribution in [3.8, 4) is 0 Å². The summed E-state index contributed by atoms with van der Waals surface area (Å²) < 4.78 is 14.3. The first-order valence-corrected chi connectivity index (χ1v) is 10.7. The third-order valence-corrected chi connectivity index (χ3v) is 5.82. The Kier molecular flexibility index (Phi) is 6.97. The SMILES string of the molecule is CC(C)c1cccc(C(C)C)c1NC(=O)CN(Cc1c(F)cccc1Cl)C1CC1. The third kappa shape index (κ3) is 5.37. The Morgan fingerprint density at radius 3 is 2.21 bits per heavy atom. The highest BCUT2D eigenvalue weighted by atomic mass is 35.5. The lowest BCUT2D eigenvalue weighted by atomic mass is 9.92. The fraction of sp³-hybridized carbons (Fsp3) is 0.458. The highest BCUT2D eigenvalue weighted by Gasteiger charge is 2.31. The maximum absolute atomic E-state index is 14.3. The molecule has 0 unspecified atom stereocenters. The van der Waals surface area contributed by atoms with Gasteiger partial charge in [-0.2, -0.15) is 0 Å². The number of carbonyl (C=O) groups is 1. The minimum atomic E-state index is -0.323. The van der Waals surface area contributed by atoms with Gasteiger partial charge in [-0.1, -0.05) is 63.6 Å². The van der Waals surface area contributed by atoms with Gasteiger partial charge in [0.15, 0.2) is 0 Å². The number of halogens is 2. The predicted molar refractivity (Wildman–Crippen MR) is 118 cm³/mol. The smallest absolute Gasteiger partial charge is 0.238 e. The molecule has 0 saturated heterocycles. The first-order chi connectivity index (χ1) is 13.8. The van der Waals surface area contributed by atoms with Gasteiger partial charge in [0.1, 0.15) is 5.82 Å². The van der Waals surface area contributed by atoms with Gasteiger partial charge in [0.05, 0.1) is 6.54 Å². The van der Waals surface area contributed by atoms with E-state index in [1.165, 1.54) is 6.07 Å². The molecular formula is C24H30ClFN2O. The standard InChI is InChI=1S/C24H30ClFN2O/c1-15(2)18-7-5-8-19(16(3)4)24(18)27-23(29)14-28(17-11-12-17)13-20-21(25)9-6-10-22(20)26/h5-10,15-17H,11-14H2,1-4H3,(H,27,29). The van der Waals surface area contributed by atoms with E-state index in [4.69, 9.17) is 11.6 Å². The molecule has 0 bridgehead atoms. The number of anilines is 1. The Bertz CT molecular complexity index is 831. The van der Waals surface area contributed by atoms with Crippen LogP contribution in [0.15, 0.2) is 36.4 Å². The lowest BCUT2D eigenvalue weighted by Gasteiger charge is -2.24. The van der Waals surface area contributed by atoms with E-state index >= 15 is 0 Å². The minimum absolute atomic E-state index is 0.0700. The molecule has 29 heavy (non-hydrogen) atoms. The quantitative estimate of drug-likeness (QED) is 0.545. The lowest BCUT2D eigenvalue weighted by molar-refractivity contribution is -0.117. The first kappa shape index (κ1) is 21.8. The van der Waals surface area contributed by atoms with E-state index in [0.717, 1.165) is 29.7 Å². The number of nitrogens with one attached hydrogen (secondary N) is 1. The van der Waals surface area contributed by atoms with Crippen molar-refractivity contribution in [2.45, 2.75) is 65.0 Å². The Hall–Kier alpha value is -1.91. The number of hydrogen-bond donors (Lipinski definition) is 1. The Morgan fingerprint density at radius 1 is 1.10 bits per heavy atom.